The van der Waals surface area contributed by atoms with Gasteiger partial charge in [-0.2, -0.15) is 0 Å². The highest BCUT2D eigenvalue weighted by molar-refractivity contribution is 5.53. The number of hydrogen-bond acceptors (Lipinski definition) is 3. The van der Waals surface area contributed by atoms with Crippen molar-refractivity contribution in [2.24, 2.45) is 11.3 Å². The molecule has 1 aliphatic carbocycles. The van der Waals surface area contributed by atoms with Crippen molar-refractivity contribution in [3.63, 3.8) is 0 Å². The van der Waals surface area contributed by atoms with E-state index in [4.69, 9.17) is 4.74 Å². The van der Waals surface area contributed by atoms with Gasteiger partial charge in [-0.25, -0.2) is 0 Å². The summed E-state index contributed by atoms with van der Waals surface area (Å²) in [5, 5.41) is 3.81. The van der Waals surface area contributed by atoms with Crippen molar-refractivity contribution in [2.45, 2.75) is 39.0 Å². The third-order valence-electron chi connectivity index (χ3n) is 4.92. The Morgan fingerprint density at radius 1 is 1.30 bits per heavy atom. The van der Waals surface area contributed by atoms with Gasteiger partial charge in [0, 0.05) is 36.2 Å². The Bertz CT molecular complexity index is 484. The molecule has 1 aromatic carbocycles. The van der Waals surface area contributed by atoms with Gasteiger partial charge in [0.15, 0.2) is 0 Å². The van der Waals surface area contributed by atoms with Gasteiger partial charge in [-0.15, -0.1) is 0 Å². The maximum absolute atomic E-state index is 5.88. The van der Waals surface area contributed by atoms with E-state index in [0.29, 0.717) is 18.1 Å². The lowest BCUT2D eigenvalue weighted by molar-refractivity contribution is -0.0923. The van der Waals surface area contributed by atoms with Crippen molar-refractivity contribution in [1.82, 2.24) is 4.90 Å². The van der Waals surface area contributed by atoms with Crippen LogP contribution in [0.3, 0.4) is 0 Å². The zero-order valence-corrected chi connectivity index (χ0v) is 13.0. The number of nitrogens with one attached hydrogen (secondary N) is 1. The lowest BCUT2D eigenvalue weighted by Crippen LogP contribution is -2.63. The normalized spacial score (nSPS) is 30.9. The van der Waals surface area contributed by atoms with Crippen LogP contribution in [0.1, 0.15) is 25.8 Å². The van der Waals surface area contributed by atoms with Crippen LogP contribution in [0.2, 0.25) is 0 Å². The molecule has 1 N–H and O–H groups in total. The van der Waals surface area contributed by atoms with Crippen molar-refractivity contribution in [1.29, 1.82) is 0 Å². The topological polar surface area (TPSA) is 24.5 Å². The van der Waals surface area contributed by atoms with Gasteiger partial charge >= 0.3 is 0 Å². The second kappa shape index (κ2) is 5.05. The molecule has 1 heterocycles. The molecule has 1 aliphatic heterocycles. The van der Waals surface area contributed by atoms with Crippen LogP contribution in [0.15, 0.2) is 24.3 Å². The zero-order chi connectivity index (χ0) is 14.3. The predicted molar refractivity (Wildman–Crippen MR) is 82.9 cm³/mol. The van der Waals surface area contributed by atoms with Gasteiger partial charge in [-0.3, -0.25) is 0 Å². The molecule has 0 bridgehead atoms. The van der Waals surface area contributed by atoms with Gasteiger partial charge in [-0.1, -0.05) is 32.0 Å². The van der Waals surface area contributed by atoms with Crippen LogP contribution in [-0.2, 0) is 11.3 Å². The molecular weight excluding hydrogens is 248 g/mol. The molecule has 1 aromatic rings. The van der Waals surface area contributed by atoms with Gasteiger partial charge in [0.2, 0.25) is 0 Å². The summed E-state index contributed by atoms with van der Waals surface area (Å²) in [5.74, 6) is 0.678. The van der Waals surface area contributed by atoms with Crippen molar-refractivity contribution in [3.8, 4) is 0 Å². The van der Waals surface area contributed by atoms with Crippen molar-refractivity contribution in [2.75, 3.05) is 26.0 Å². The van der Waals surface area contributed by atoms with E-state index in [0.717, 1.165) is 13.2 Å². The van der Waals surface area contributed by atoms with Crippen molar-refractivity contribution >= 4 is 5.69 Å². The van der Waals surface area contributed by atoms with E-state index >= 15 is 0 Å². The Morgan fingerprint density at radius 2 is 2.05 bits per heavy atom. The summed E-state index contributed by atoms with van der Waals surface area (Å²) in [6, 6.07) is 9.19. The summed E-state index contributed by atoms with van der Waals surface area (Å²) in [5.41, 5.74) is 2.88. The van der Waals surface area contributed by atoms with E-state index in [1.165, 1.54) is 17.7 Å². The molecule has 3 unspecified atom stereocenters. The smallest absolute Gasteiger partial charge is 0.0694 e. The van der Waals surface area contributed by atoms with Crippen LogP contribution in [0.5, 0.6) is 0 Å². The minimum atomic E-state index is 0.229. The molecule has 3 atom stereocenters. The number of fused-ring (bicyclic) bond motifs is 1. The Kier molecular flexibility index (Phi) is 3.51. The molecular formula is C17H26N2O. The highest BCUT2D eigenvalue weighted by atomic mass is 16.5. The third-order valence-corrected chi connectivity index (χ3v) is 4.92. The van der Waals surface area contributed by atoms with Gasteiger partial charge < -0.3 is 15.0 Å². The Labute approximate surface area is 122 Å². The summed E-state index contributed by atoms with van der Waals surface area (Å²) in [6.07, 6.45) is 1.64. The molecule has 110 valence electrons. The molecule has 2 aliphatic rings. The van der Waals surface area contributed by atoms with E-state index in [9.17, 15) is 0 Å². The van der Waals surface area contributed by atoms with Crippen LogP contribution in [0.4, 0.5) is 5.69 Å². The largest absolute Gasteiger partial charge is 0.381 e. The molecule has 20 heavy (non-hydrogen) atoms. The lowest BCUT2D eigenvalue weighted by Gasteiger charge is -2.55. The summed E-state index contributed by atoms with van der Waals surface area (Å²) in [6.45, 7) is 6.55. The number of para-hydroxylation sites is 1. The minimum Gasteiger partial charge on any atom is -0.381 e. The Balaban J connectivity index is 1.78. The van der Waals surface area contributed by atoms with Crippen LogP contribution in [-0.4, -0.2) is 37.7 Å². The van der Waals surface area contributed by atoms with Gasteiger partial charge in [0.1, 0.15) is 0 Å². The van der Waals surface area contributed by atoms with Crippen LogP contribution >= 0.6 is 0 Å². The predicted octanol–water partition coefficient (Wildman–Crippen LogP) is 2.97. The standard InChI is InChI=1S/C17H26N2O/c1-17(2)15(13-9-10-20-16(13)17)18-14-8-6-5-7-12(14)11-19(3)4/h5-8,13,15-16,18H,9-11H2,1-4H3. The van der Waals surface area contributed by atoms with Gasteiger partial charge in [0.25, 0.3) is 0 Å². The number of anilines is 1. The lowest BCUT2D eigenvalue weighted by atomic mass is 9.57. The molecule has 3 heteroatoms. The summed E-state index contributed by atoms with van der Waals surface area (Å²) >= 11 is 0. The number of hydrogen-bond donors (Lipinski definition) is 1. The van der Waals surface area contributed by atoms with Gasteiger partial charge in [-0.05, 0) is 32.1 Å². The molecule has 2 fully saturated rings. The molecule has 1 saturated carbocycles. The number of ether oxygens (including phenoxy) is 1. The van der Waals surface area contributed by atoms with Crippen LogP contribution < -0.4 is 5.32 Å². The molecule has 3 rings (SSSR count). The first-order chi connectivity index (χ1) is 9.50. The fourth-order valence-electron chi connectivity index (χ4n) is 3.92. The van der Waals surface area contributed by atoms with E-state index in [-0.39, 0.29) is 5.41 Å². The van der Waals surface area contributed by atoms with Gasteiger partial charge in [0.05, 0.1) is 6.10 Å². The zero-order valence-electron chi connectivity index (χ0n) is 13.0. The summed E-state index contributed by atoms with van der Waals surface area (Å²) in [4.78, 5) is 2.22. The first-order valence-electron chi connectivity index (χ1n) is 7.61. The SMILES string of the molecule is CN(C)Cc1ccccc1NC1C2CCOC2C1(C)C. The number of nitrogens with zero attached hydrogens (tertiary/aromatic N) is 1. The number of benzene rings is 1. The van der Waals surface area contributed by atoms with E-state index < -0.39 is 0 Å². The van der Waals surface area contributed by atoms with E-state index in [1.807, 2.05) is 0 Å². The summed E-state index contributed by atoms with van der Waals surface area (Å²) in [7, 11) is 4.23. The monoisotopic (exact) mass is 274 g/mol. The molecule has 1 saturated heterocycles. The number of rotatable bonds is 4. The average molecular weight is 274 g/mol. The van der Waals surface area contributed by atoms with Crippen LogP contribution in [0.25, 0.3) is 0 Å². The molecule has 0 spiro atoms. The molecule has 0 aromatic heterocycles. The molecule has 0 amide bonds. The van der Waals surface area contributed by atoms with Crippen molar-refractivity contribution < 1.29 is 4.74 Å². The fourth-order valence-corrected chi connectivity index (χ4v) is 3.92. The third kappa shape index (κ3) is 2.23. The summed E-state index contributed by atoms with van der Waals surface area (Å²) < 4.78 is 5.88. The maximum atomic E-state index is 5.88. The Morgan fingerprint density at radius 3 is 2.80 bits per heavy atom. The highest BCUT2D eigenvalue weighted by Gasteiger charge is 2.59. The second-order valence-corrected chi connectivity index (χ2v) is 7.08. The second-order valence-electron chi connectivity index (χ2n) is 7.08. The quantitative estimate of drug-likeness (QED) is 0.913. The maximum Gasteiger partial charge on any atom is 0.0694 e. The Hall–Kier alpha value is -1.06. The first kappa shape index (κ1) is 13.9. The van der Waals surface area contributed by atoms with Crippen LogP contribution in [0, 0.1) is 11.3 Å². The average Bonchev–Trinajstić information content (AvgIpc) is 2.83. The fraction of sp³-hybridized carbons (Fsp3) is 0.647. The van der Waals surface area contributed by atoms with E-state index in [2.05, 4.69) is 62.4 Å². The minimum absolute atomic E-state index is 0.229. The first-order valence-corrected chi connectivity index (χ1v) is 7.61. The van der Waals surface area contributed by atoms with Crippen molar-refractivity contribution in [3.05, 3.63) is 29.8 Å². The van der Waals surface area contributed by atoms with E-state index in [1.54, 1.807) is 0 Å². The highest BCUT2D eigenvalue weighted by Crippen LogP contribution is 2.53. The molecule has 3 nitrogen and oxygen atoms in total. The molecule has 0 radical (unpaired) electrons.